The number of anilines is 1. The first-order valence-electron chi connectivity index (χ1n) is 12.1. The molecule has 0 saturated carbocycles. The molecule has 2 aliphatic heterocycles. The van der Waals surface area contributed by atoms with Crippen molar-refractivity contribution in [2.45, 2.75) is 32.2 Å². The lowest BCUT2D eigenvalue weighted by Gasteiger charge is -2.30. The zero-order valence-electron chi connectivity index (χ0n) is 20.4. The Labute approximate surface area is 209 Å². The van der Waals surface area contributed by atoms with Crippen LogP contribution in [0.5, 0.6) is 11.5 Å². The number of imide groups is 1. The number of pyridine rings is 2. The van der Waals surface area contributed by atoms with Crippen molar-refractivity contribution >= 4 is 17.9 Å². The largest absolute Gasteiger partial charge is 0.455 e. The zero-order chi connectivity index (χ0) is 25.1. The smallest absolute Gasteiger partial charge is 0.331 e. The van der Waals surface area contributed by atoms with Crippen LogP contribution in [0.15, 0.2) is 42.9 Å². The zero-order valence-corrected chi connectivity index (χ0v) is 20.4. The lowest BCUT2D eigenvalue weighted by atomic mass is 10.1. The van der Waals surface area contributed by atoms with Crippen LogP contribution >= 0.6 is 0 Å². The SMILES string of the molecule is CCc1nc(NC(=O)N2CCN(C3CCOCC3)C2=O)ccc1Oc1ccnc(-c2cnn(C)c2)c1. The van der Waals surface area contributed by atoms with E-state index >= 15 is 0 Å². The fourth-order valence-corrected chi connectivity index (χ4v) is 4.47. The van der Waals surface area contributed by atoms with Crippen LogP contribution in [0.4, 0.5) is 15.4 Å². The number of aryl methyl sites for hydroxylation is 2. The highest BCUT2D eigenvalue weighted by Gasteiger charge is 2.37. The van der Waals surface area contributed by atoms with Gasteiger partial charge in [-0.2, -0.15) is 5.10 Å². The molecular weight excluding hydrogens is 462 g/mol. The van der Waals surface area contributed by atoms with Gasteiger partial charge in [0.05, 0.1) is 17.6 Å². The standard InChI is InChI=1S/C25H29N7O4/c1-3-20-22(36-19-6-9-26-21(14-19)17-15-27-30(2)16-17)4-5-23(28-20)29-24(33)32-11-10-31(25(32)34)18-7-12-35-13-8-18/h4-6,9,14-16,18H,3,7-8,10-13H2,1-2H3,(H,28,29,33). The van der Waals surface area contributed by atoms with Gasteiger partial charge in [0.25, 0.3) is 0 Å². The molecule has 2 aliphatic rings. The number of urea groups is 2. The molecule has 0 radical (unpaired) electrons. The lowest BCUT2D eigenvalue weighted by molar-refractivity contribution is 0.0510. The molecule has 0 spiro atoms. The van der Waals surface area contributed by atoms with E-state index in [0.29, 0.717) is 55.7 Å². The van der Waals surface area contributed by atoms with Gasteiger partial charge in [-0.3, -0.25) is 15.0 Å². The number of ether oxygens (including phenoxy) is 2. The maximum atomic E-state index is 12.9. The van der Waals surface area contributed by atoms with Crippen molar-refractivity contribution in [3.63, 3.8) is 0 Å². The molecule has 0 aliphatic carbocycles. The molecule has 11 nitrogen and oxygen atoms in total. The van der Waals surface area contributed by atoms with E-state index in [1.54, 1.807) is 40.2 Å². The summed E-state index contributed by atoms with van der Waals surface area (Å²) in [5.74, 6) is 1.57. The van der Waals surface area contributed by atoms with E-state index in [4.69, 9.17) is 9.47 Å². The van der Waals surface area contributed by atoms with Crippen molar-refractivity contribution in [1.82, 2.24) is 29.5 Å². The van der Waals surface area contributed by atoms with Gasteiger partial charge in [-0.05, 0) is 37.5 Å². The molecule has 3 aromatic heterocycles. The van der Waals surface area contributed by atoms with Crippen LogP contribution in [-0.4, -0.2) is 74.0 Å². The predicted octanol–water partition coefficient (Wildman–Crippen LogP) is 3.68. The number of hydrogen-bond donors (Lipinski definition) is 1. The number of rotatable bonds is 6. The fourth-order valence-electron chi connectivity index (χ4n) is 4.47. The topological polar surface area (TPSA) is 115 Å². The Kier molecular flexibility index (Phi) is 6.81. The van der Waals surface area contributed by atoms with E-state index in [1.807, 2.05) is 26.2 Å². The number of hydrogen-bond acceptors (Lipinski definition) is 7. The molecule has 5 rings (SSSR count). The normalized spacial score (nSPS) is 16.4. The molecule has 0 bridgehead atoms. The summed E-state index contributed by atoms with van der Waals surface area (Å²) < 4.78 is 13.2. The van der Waals surface area contributed by atoms with Crippen molar-refractivity contribution < 1.29 is 19.1 Å². The Balaban J connectivity index is 1.25. The van der Waals surface area contributed by atoms with E-state index < -0.39 is 6.03 Å². The average Bonchev–Trinajstić information content (AvgIpc) is 3.51. The maximum Gasteiger partial charge on any atom is 0.331 e. The third kappa shape index (κ3) is 5.01. The van der Waals surface area contributed by atoms with Gasteiger partial charge < -0.3 is 14.4 Å². The molecule has 0 atom stereocenters. The first kappa shape index (κ1) is 23.7. The molecule has 2 saturated heterocycles. The van der Waals surface area contributed by atoms with E-state index in [9.17, 15) is 9.59 Å². The van der Waals surface area contributed by atoms with Crippen molar-refractivity contribution in [3.8, 4) is 22.8 Å². The minimum Gasteiger partial charge on any atom is -0.455 e. The first-order valence-corrected chi connectivity index (χ1v) is 12.1. The van der Waals surface area contributed by atoms with Gasteiger partial charge in [-0.1, -0.05) is 6.92 Å². The summed E-state index contributed by atoms with van der Waals surface area (Å²) in [6.07, 6.45) is 7.51. The molecular formula is C25H29N7O4. The predicted molar refractivity (Wildman–Crippen MR) is 132 cm³/mol. The fraction of sp³-hybridized carbons (Fsp3) is 0.400. The van der Waals surface area contributed by atoms with E-state index in [-0.39, 0.29) is 12.1 Å². The summed E-state index contributed by atoms with van der Waals surface area (Å²) in [5, 5.41) is 6.95. The third-order valence-corrected chi connectivity index (χ3v) is 6.38. The van der Waals surface area contributed by atoms with E-state index in [2.05, 4.69) is 20.4 Å². The van der Waals surface area contributed by atoms with Crippen molar-refractivity contribution in [2.75, 3.05) is 31.6 Å². The molecule has 36 heavy (non-hydrogen) atoms. The van der Waals surface area contributed by atoms with Crippen LogP contribution in [0.1, 0.15) is 25.5 Å². The van der Waals surface area contributed by atoms with Crippen LogP contribution in [-0.2, 0) is 18.2 Å². The minimum absolute atomic E-state index is 0.122. The summed E-state index contributed by atoms with van der Waals surface area (Å²) in [5.41, 5.74) is 2.33. The highest BCUT2D eigenvalue weighted by Crippen LogP contribution is 2.29. The Morgan fingerprint density at radius 3 is 2.81 bits per heavy atom. The molecule has 2 fully saturated rings. The van der Waals surface area contributed by atoms with Gasteiger partial charge in [-0.25, -0.2) is 19.5 Å². The summed E-state index contributed by atoms with van der Waals surface area (Å²) in [6.45, 7) is 4.13. The molecule has 1 N–H and O–H groups in total. The molecule has 0 unspecified atom stereocenters. The highest BCUT2D eigenvalue weighted by molar-refractivity contribution is 6.01. The number of nitrogens with one attached hydrogen (secondary N) is 1. The molecule has 0 aromatic carbocycles. The second-order valence-corrected chi connectivity index (χ2v) is 8.78. The van der Waals surface area contributed by atoms with Gasteiger partial charge in [-0.15, -0.1) is 0 Å². The summed E-state index contributed by atoms with van der Waals surface area (Å²) in [4.78, 5) is 37.7. The number of aromatic nitrogens is 4. The van der Waals surface area contributed by atoms with Gasteiger partial charge in [0.1, 0.15) is 17.3 Å². The third-order valence-electron chi connectivity index (χ3n) is 6.38. The molecule has 5 heterocycles. The highest BCUT2D eigenvalue weighted by atomic mass is 16.5. The van der Waals surface area contributed by atoms with Gasteiger partial charge >= 0.3 is 12.1 Å². The number of carbonyl (C=O) groups is 2. The summed E-state index contributed by atoms with van der Waals surface area (Å²) in [6, 6.07) is 6.44. The summed E-state index contributed by atoms with van der Waals surface area (Å²) in [7, 11) is 1.85. The number of amides is 4. The quantitative estimate of drug-likeness (QED) is 0.559. The lowest BCUT2D eigenvalue weighted by Crippen LogP contribution is -2.44. The molecule has 11 heteroatoms. The van der Waals surface area contributed by atoms with Gasteiger partial charge in [0.15, 0.2) is 0 Å². The Morgan fingerprint density at radius 2 is 2.06 bits per heavy atom. The monoisotopic (exact) mass is 491 g/mol. The molecule has 188 valence electrons. The van der Waals surface area contributed by atoms with Crippen molar-refractivity contribution in [1.29, 1.82) is 0 Å². The second kappa shape index (κ2) is 10.3. The van der Waals surface area contributed by atoms with E-state index in [1.165, 1.54) is 4.90 Å². The van der Waals surface area contributed by atoms with Crippen LogP contribution in [0.2, 0.25) is 0 Å². The van der Waals surface area contributed by atoms with E-state index in [0.717, 1.165) is 24.1 Å². The van der Waals surface area contributed by atoms with Crippen LogP contribution in [0, 0.1) is 0 Å². The number of nitrogens with zero attached hydrogens (tertiary/aromatic N) is 6. The minimum atomic E-state index is -0.479. The van der Waals surface area contributed by atoms with Gasteiger partial charge in [0, 0.05) is 63.4 Å². The van der Waals surface area contributed by atoms with Gasteiger partial charge in [0.2, 0.25) is 0 Å². The Hall–Kier alpha value is -3.99. The molecule has 3 aromatic rings. The van der Waals surface area contributed by atoms with Crippen molar-refractivity contribution in [3.05, 3.63) is 48.5 Å². The van der Waals surface area contributed by atoms with Crippen LogP contribution in [0.25, 0.3) is 11.3 Å². The van der Waals surface area contributed by atoms with Crippen molar-refractivity contribution in [2.24, 2.45) is 7.05 Å². The van der Waals surface area contributed by atoms with Crippen LogP contribution < -0.4 is 10.1 Å². The summed E-state index contributed by atoms with van der Waals surface area (Å²) >= 11 is 0. The maximum absolute atomic E-state index is 12.9. The van der Waals surface area contributed by atoms with Crippen LogP contribution in [0.3, 0.4) is 0 Å². The Bertz CT molecular complexity index is 1250. The number of carbonyl (C=O) groups excluding carboxylic acids is 2. The molecule has 4 amide bonds. The average molecular weight is 492 g/mol. The second-order valence-electron chi connectivity index (χ2n) is 8.78. The Morgan fingerprint density at radius 1 is 1.22 bits per heavy atom. The first-order chi connectivity index (χ1) is 17.5.